The lowest BCUT2D eigenvalue weighted by Crippen LogP contribution is -2.53. The minimum Gasteiger partial charge on any atom is -0.484 e. The van der Waals surface area contributed by atoms with Crippen molar-refractivity contribution in [1.82, 2.24) is 16.0 Å². The van der Waals surface area contributed by atoms with Gasteiger partial charge in [-0.1, -0.05) is 41.9 Å². The van der Waals surface area contributed by atoms with Crippen LogP contribution >= 0.6 is 11.6 Å². The molecule has 2 amide bonds. The Hall–Kier alpha value is -2.64. The number of amides is 2. The second-order valence-corrected chi connectivity index (χ2v) is 10.2. The third-order valence-corrected chi connectivity index (χ3v) is 7.79. The third-order valence-electron chi connectivity index (χ3n) is 7.48. The van der Waals surface area contributed by atoms with Crippen molar-refractivity contribution in [3.63, 3.8) is 0 Å². The highest BCUT2D eigenvalue weighted by Gasteiger charge is 2.57. The van der Waals surface area contributed by atoms with E-state index in [2.05, 4.69) is 40.2 Å². The summed E-state index contributed by atoms with van der Waals surface area (Å²) in [5, 5.41) is 9.72. The Labute approximate surface area is 203 Å². The van der Waals surface area contributed by atoms with Crippen LogP contribution < -0.4 is 20.7 Å². The summed E-state index contributed by atoms with van der Waals surface area (Å²) in [5.41, 5.74) is 1.03. The van der Waals surface area contributed by atoms with Gasteiger partial charge in [-0.3, -0.25) is 9.59 Å². The van der Waals surface area contributed by atoms with E-state index in [0.717, 1.165) is 44.7 Å². The molecule has 4 aliphatic rings. The van der Waals surface area contributed by atoms with Gasteiger partial charge in [-0.25, -0.2) is 4.39 Å². The fraction of sp³-hybridized carbons (Fsp3) is 0.462. The Morgan fingerprint density at radius 2 is 1.91 bits per heavy atom. The number of benzene rings is 2. The third kappa shape index (κ3) is 4.91. The van der Waals surface area contributed by atoms with Gasteiger partial charge in [-0.2, -0.15) is 0 Å². The van der Waals surface area contributed by atoms with E-state index in [4.69, 9.17) is 16.3 Å². The van der Waals surface area contributed by atoms with E-state index < -0.39 is 5.82 Å². The van der Waals surface area contributed by atoms with Crippen molar-refractivity contribution >= 4 is 23.4 Å². The first kappa shape index (κ1) is 23.1. The van der Waals surface area contributed by atoms with E-state index in [1.165, 1.54) is 17.7 Å². The number of rotatable bonds is 7. The molecule has 3 N–H and O–H groups in total. The quantitative estimate of drug-likeness (QED) is 0.560. The Kier molecular flexibility index (Phi) is 6.49. The maximum absolute atomic E-state index is 13.5. The summed E-state index contributed by atoms with van der Waals surface area (Å²) < 4.78 is 18.9. The van der Waals surface area contributed by atoms with Crippen LogP contribution in [0, 0.1) is 11.7 Å². The summed E-state index contributed by atoms with van der Waals surface area (Å²) in [6.45, 7) is 0.604. The Morgan fingerprint density at radius 1 is 1.12 bits per heavy atom. The van der Waals surface area contributed by atoms with Crippen LogP contribution in [0.5, 0.6) is 5.75 Å². The van der Waals surface area contributed by atoms with Gasteiger partial charge in [0.25, 0.3) is 5.91 Å². The number of carbonyl (C=O) groups excluding carboxylic acids is 2. The molecule has 1 saturated heterocycles. The van der Waals surface area contributed by atoms with Gasteiger partial charge >= 0.3 is 0 Å². The Balaban J connectivity index is 1.06. The average molecular weight is 486 g/mol. The van der Waals surface area contributed by atoms with E-state index in [1.807, 2.05) is 6.07 Å². The van der Waals surface area contributed by atoms with Crippen LogP contribution in [0.3, 0.4) is 0 Å². The molecule has 3 aliphatic carbocycles. The lowest BCUT2D eigenvalue weighted by molar-refractivity contribution is -0.126. The summed E-state index contributed by atoms with van der Waals surface area (Å²) in [7, 11) is 0. The van der Waals surface area contributed by atoms with Crippen LogP contribution in [0.2, 0.25) is 5.02 Å². The number of nitrogens with one attached hydrogen (secondary N) is 3. The lowest BCUT2D eigenvalue weighted by atomic mass is 9.76. The van der Waals surface area contributed by atoms with Crippen LogP contribution in [-0.4, -0.2) is 42.6 Å². The van der Waals surface area contributed by atoms with Crippen molar-refractivity contribution in [3.05, 3.63) is 64.9 Å². The molecule has 6 rings (SSSR count). The molecule has 3 saturated carbocycles. The molecule has 1 heterocycles. The number of ether oxygens (including phenoxy) is 1. The number of carbonyl (C=O) groups is 2. The molecule has 0 aromatic heterocycles. The molecule has 3 atom stereocenters. The first-order chi connectivity index (χ1) is 16.4. The van der Waals surface area contributed by atoms with Gasteiger partial charge in [0, 0.05) is 24.2 Å². The second-order valence-electron chi connectivity index (χ2n) is 9.83. The molecule has 6 nitrogen and oxygen atoms in total. The van der Waals surface area contributed by atoms with E-state index in [-0.39, 0.29) is 46.8 Å². The highest BCUT2D eigenvalue weighted by Crippen LogP contribution is 2.52. The van der Waals surface area contributed by atoms with Gasteiger partial charge in [-0.05, 0) is 61.6 Å². The maximum atomic E-state index is 13.5. The minimum absolute atomic E-state index is 0.00897. The van der Waals surface area contributed by atoms with Gasteiger partial charge in [0.1, 0.15) is 11.6 Å². The number of halogens is 2. The van der Waals surface area contributed by atoms with Crippen LogP contribution in [0.1, 0.15) is 43.6 Å². The summed E-state index contributed by atoms with van der Waals surface area (Å²) in [6.07, 6.45) is 4.24. The monoisotopic (exact) mass is 485 g/mol. The Bertz CT molecular complexity index is 1050. The van der Waals surface area contributed by atoms with Gasteiger partial charge in [0.2, 0.25) is 5.91 Å². The van der Waals surface area contributed by atoms with Gasteiger partial charge < -0.3 is 20.7 Å². The van der Waals surface area contributed by atoms with Crippen molar-refractivity contribution in [2.75, 3.05) is 13.2 Å². The minimum atomic E-state index is -0.586. The predicted molar refractivity (Wildman–Crippen MR) is 127 cm³/mol. The van der Waals surface area contributed by atoms with Crippen molar-refractivity contribution in [3.8, 4) is 5.75 Å². The standard InChI is InChI=1S/C26H29ClFN3O3/c27-20-8-7-19(10-21(20)28)34-15-24(32)31-26-11-18(12-26)23(13-26)30-25(33)22-9-6-17(14-29-22)16-4-2-1-3-5-16/h1-5,7-8,10,17-18,22-23,29H,6,9,11-15H2,(H,30,33)(H,31,32). The molecule has 0 radical (unpaired) electrons. The van der Waals surface area contributed by atoms with Crippen molar-refractivity contribution in [2.45, 2.75) is 55.6 Å². The molecule has 4 fully saturated rings. The topological polar surface area (TPSA) is 79.5 Å². The average Bonchev–Trinajstić information content (AvgIpc) is 3.34. The van der Waals surface area contributed by atoms with Gasteiger partial charge in [0.15, 0.2) is 6.61 Å². The zero-order chi connectivity index (χ0) is 23.7. The zero-order valence-electron chi connectivity index (χ0n) is 18.9. The van der Waals surface area contributed by atoms with Crippen LogP contribution in [-0.2, 0) is 9.59 Å². The number of piperidine rings is 1. The molecule has 2 aromatic carbocycles. The molecule has 0 spiro atoms. The van der Waals surface area contributed by atoms with Crippen LogP contribution in [0.4, 0.5) is 4.39 Å². The Morgan fingerprint density at radius 3 is 2.62 bits per heavy atom. The second kappa shape index (κ2) is 9.55. The molecule has 1 aliphatic heterocycles. The van der Waals surface area contributed by atoms with Crippen molar-refractivity contribution < 1.29 is 18.7 Å². The molecule has 3 unspecified atom stereocenters. The normalized spacial score (nSPS) is 29.7. The molecular weight excluding hydrogens is 457 g/mol. The smallest absolute Gasteiger partial charge is 0.258 e. The van der Waals surface area contributed by atoms with Crippen LogP contribution in [0.25, 0.3) is 0 Å². The van der Waals surface area contributed by atoms with E-state index in [9.17, 15) is 14.0 Å². The molecule has 180 valence electrons. The summed E-state index contributed by atoms with van der Waals surface area (Å²) in [6, 6.07) is 14.4. The van der Waals surface area contributed by atoms with E-state index in [1.54, 1.807) is 0 Å². The summed E-state index contributed by atoms with van der Waals surface area (Å²) >= 11 is 5.67. The van der Waals surface area contributed by atoms with Crippen molar-refractivity contribution in [2.24, 2.45) is 5.92 Å². The van der Waals surface area contributed by atoms with Crippen LogP contribution in [0.15, 0.2) is 48.5 Å². The number of fused-ring (bicyclic) bond motifs is 1. The molecular formula is C26H29ClFN3O3. The molecule has 34 heavy (non-hydrogen) atoms. The van der Waals surface area contributed by atoms with Gasteiger partial charge in [0.05, 0.1) is 11.1 Å². The highest BCUT2D eigenvalue weighted by molar-refractivity contribution is 6.30. The number of hydrogen-bond acceptors (Lipinski definition) is 4. The number of hydrogen-bond donors (Lipinski definition) is 3. The zero-order valence-corrected chi connectivity index (χ0v) is 19.6. The molecule has 2 bridgehead atoms. The molecule has 8 heteroatoms. The largest absolute Gasteiger partial charge is 0.484 e. The highest BCUT2D eigenvalue weighted by atomic mass is 35.5. The first-order valence-corrected chi connectivity index (χ1v) is 12.3. The summed E-state index contributed by atoms with van der Waals surface area (Å²) in [4.78, 5) is 25.3. The molecule has 2 aromatic rings. The lowest BCUT2D eigenvalue weighted by Gasteiger charge is -2.39. The van der Waals surface area contributed by atoms with Crippen molar-refractivity contribution in [1.29, 1.82) is 0 Å². The fourth-order valence-electron chi connectivity index (χ4n) is 5.73. The van der Waals surface area contributed by atoms with E-state index in [0.29, 0.717) is 11.8 Å². The first-order valence-electron chi connectivity index (χ1n) is 11.9. The van der Waals surface area contributed by atoms with E-state index >= 15 is 0 Å². The van der Waals surface area contributed by atoms with Gasteiger partial charge in [-0.15, -0.1) is 0 Å². The summed E-state index contributed by atoms with van der Waals surface area (Å²) in [5.74, 6) is 0.302. The fourth-order valence-corrected chi connectivity index (χ4v) is 5.84. The maximum Gasteiger partial charge on any atom is 0.258 e. The predicted octanol–water partition coefficient (Wildman–Crippen LogP) is 3.55. The SMILES string of the molecule is O=C(COc1ccc(Cl)c(F)c1)NC12CC(C1)C(NC(=O)C1CCC(c3ccccc3)CN1)C2.